The van der Waals surface area contributed by atoms with Crippen LogP contribution in [-0.2, 0) is 4.74 Å². The zero-order valence-corrected chi connectivity index (χ0v) is 10.0. The highest BCUT2D eigenvalue weighted by atomic mass is 16.5. The molecule has 0 aliphatic heterocycles. The summed E-state index contributed by atoms with van der Waals surface area (Å²) < 4.78 is 10.2. The van der Waals surface area contributed by atoms with E-state index in [2.05, 4.69) is 0 Å². The van der Waals surface area contributed by atoms with Crippen LogP contribution in [-0.4, -0.2) is 53.7 Å². The quantitative estimate of drug-likeness (QED) is 0.588. The second-order valence-electron chi connectivity index (χ2n) is 3.54. The van der Waals surface area contributed by atoms with Crippen molar-refractivity contribution in [3.63, 3.8) is 0 Å². The molecule has 1 aromatic rings. The average molecular weight is 270 g/mol. The normalized spacial score (nSPS) is 10.2. The summed E-state index contributed by atoms with van der Waals surface area (Å²) in [6.07, 6.45) is 0. The molecule has 1 rings (SSSR count). The van der Waals surface area contributed by atoms with Gasteiger partial charge in [-0.05, 0) is 18.2 Å². The van der Waals surface area contributed by atoms with Gasteiger partial charge in [0.15, 0.2) is 0 Å². The van der Waals surface area contributed by atoms with E-state index < -0.39 is 11.9 Å². The number of aliphatic hydroxyl groups is 1. The van der Waals surface area contributed by atoms with Gasteiger partial charge in [-0.1, -0.05) is 0 Å². The van der Waals surface area contributed by atoms with E-state index in [0.29, 0.717) is 0 Å². The molecule has 0 unspecified atom stereocenters. The zero-order chi connectivity index (χ0) is 14.3. The number of carbonyl (C=O) groups is 2. The van der Waals surface area contributed by atoms with E-state index in [9.17, 15) is 9.59 Å². The number of aliphatic hydroxyl groups excluding tert-OH is 1. The van der Waals surface area contributed by atoms with Crippen LogP contribution in [0.15, 0.2) is 18.2 Å². The minimum Gasteiger partial charge on any atom is -0.491 e. The van der Waals surface area contributed by atoms with E-state index in [1.54, 1.807) is 0 Å². The van der Waals surface area contributed by atoms with Crippen LogP contribution in [0.5, 0.6) is 5.75 Å². The zero-order valence-electron chi connectivity index (χ0n) is 10.0. The second kappa shape index (κ2) is 7.34. The number of hydrogen-bond acceptors (Lipinski definition) is 5. The van der Waals surface area contributed by atoms with Gasteiger partial charge in [0.2, 0.25) is 0 Å². The molecule has 0 aromatic heterocycles. The Hall–Kier alpha value is -2.12. The molecule has 19 heavy (non-hydrogen) atoms. The van der Waals surface area contributed by atoms with Crippen LogP contribution in [0.2, 0.25) is 0 Å². The van der Waals surface area contributed by atoms with Gasteiger partial charge in [-0.15, -0.1) is 0 Å². The first-order chi connectivity index (χ1) is 9.04. The summed E-state index contributed by atoms with van der Waals surface area (Å²) in [4.78, 5) is 21.7. The Labute approximate surface area is 109 Å². The molecule has 0 spiro atoms. The first-order valence-electron chi connectivity index (χ1n) is 5.47. The highest BCUT2D eigenvalue weighted by Crippen LogP contribution is 2.17. The molecule has 7 nitrogen and oxygen atoms in total. The molecule has 7 heteroatoms. The largest absolute Gasteiger partial charge is 0.491 e. The molecule has 0 bridgehead atoms. The number of ether oxygens (including phenoxy) is 2. The maximum Gasteiger partial charge on any atom is 0.335 e. The Morgan fingerprint density at radius 3 is 2.00 bits per heavy atom. The molecule has 0 aliphatic rings. The van der Waals surface area contributed by atoms with Crippen LogP contribution < -0.4 is 4.74 Å². The number of rotatable bonds is 8. The average Bonchev–Trinajstić information content (AvgIpc) is 2.38. The molecule has 0 fully saturated rings. The van der Waals surface area contributed by atoms with Gasteiger partial charge < -0.3 is 24.8 Å². The van der Waals surface area contributed by atoms with Gasteiger partial charge in [0.1, 0.15) is 12.4 Å². The van der Waals surface area contributed by atoms with Crippen molar-refractivity contribution in [2.75, 3.05) is 26.4 Å². The third-order valence-corrected chi connectivity index (χ3v) is 2.13. The van der Waals surface area contributed by atoms with Gasteiger partial charge in [0.05, 0.1) is 30.9 Å². The second-order valence-corrected chi connectivity index (χ2v) is 3.54. The van der Waals surface area contributed by atoms with Crippen LogP contribution in [0.25, 0.3) is 0 Å². The summed E-state index contributed by atoms with van der Waals surface area (Å²) in [5.41, 5.74) is -0.322. The maximum absolute atomic E-state index is 10.8. The number of carboxylic acids is 2. The summed E-state index contributed by atoms with van der Waals surface area (Å²) in [7, 11) is 0. The molecule has 0 aliphatic carbocycles. The van der Waals surface area contributed by atoms with E-state index in [-0.39, 0.29) is 43.3 Å². The number of aromatic carboxylic acids is 2. The van der Waals surface area contributed by atoms with Gasteiger partial charge in [0, 0.05) is 0 Å². The minimum atomic E-state index is -1.23. The van der Waals surface area contributed by atoms with Crippen molar-refractivity contribution in [2.24, 2.45) is 0 Å². The van der Waals surface area contributed by atoms with Gasteiger partial charge in [-0.3, -0.25) is 0 Å². The first-order valence-corrected chi connectivity index (χ1v) is 5.47. The Balaban J connectivity index is 2.71. The van der Waals surface area contributed by atoms with Crippen molar-refractivity contribution in [3.05, 3.63) is 29.3 Å². The van der Waals surface area contributed by atoms with E-state index in [1.807, 2.05) is 0 Å². The van der Waals surface area contributed by atoms with E-state index >= 15 is 0 Å². The summed E-state index contributed by atoms with van der Waals surface area (Å²) in [6, 6.07) is 3.53. The van der Waals surface area contributed by atoms with Crippen LogP contribution in [0, 0.1) is 0 Å². The smallest absolute Gasteiger partial charge is 0.335 e. The molecule has 104 valence electrons. The van der Waals surface area contributed by atoms with Gasteiger partial charge >= 0.3 is 11.9 Å². The Bertz CT molecular complexity index is 423. The van der Waals surface area contributed by atoms with Crippen molar-refractivity contribution in [1.29, 1.82) is 0 Å². The molecule has 0 amide bonds. The third kappa shape index (κ3) is 4.94. The Morgan fingerprint density at radius 2 is 1.53 bits per heavy atom. The minimum absolute atomic E-state index is 0.0995. The van der Waals surface area contributed by atoms with Crippen molar-refractivity contribution < 1.29 is 34.4 Å². The molecule has 3 N–H and O–H groups in total. The van der Waals surface area contributed by atoms with Crippen LogP contribution in [0.4, 0.5) is 0 Å². The monoisotopic (exact) mass is 270 g/mol. The van der Waals surface area contributed by atoms with Crippen LogP contribution in [0.1, 0.15) is 20.7 Å². The molecule has 0 radical (unpaired) electrons. The van der Waals surface area contributed by atoms with Gasteiger partial charge in [-0.2, -0.15) is 0 Å². The summed E-state index contributed by atoms with van der Waals surface area (Å²) in [5.74, 6) is -2.32. The lowest BCUT2D eigenvalue weighted by molar-refractivity contribution is 0.0682. The van der Waals surface area contributed by atoms with Crippen LogP contribution >= 0.6 is 0 Å². The Kier molecular flexibility index (Phi) is 5.77. The summed E-state index contributed by atoms with van der Waals surface area (Å²) >= 11 is 0. The van der Waals surface area contributed by atoms with E-state index in [1.165, 1.54) is 12.1 Å². The summed E-state index contributed by atoms with van der Waals surface area (Å²) in [6.45, 7) is 0.416. The topological polar surface area (TPSA) is 113 Å². The van der Waals surface area contributed by atoms with E-state index in [0.717, 1.165) is 6.07 Å². The van der Waals surface area contributed by atoms with Crippen molar-refractivity contribution >= 4 is 11.9 Å². The van der Waals surface area contributed by atoms with Gasteiger partial charge in [-0.25, -0.2) is 9.59 Å². The molecule has 0 atom stereocenters. The molecule has 1 aromatic carbocycles. The standard InChI is InChI=1S/C12H14O7/c13-1-2-18-3-4-19-10-6-8(11(14)15)5-9(7-10)12(16)17/h5-7,13H,1-4H2,(H,14,15)(H,16,17). The SMILES string of the molecule is O=C(O)c1cc(OCCOCCO)cc(C(=O)O)c1. The summed E-state index contributed by atoms with van der Waals surface area (Å²) in [5, 5.41) is 26.2. The lowest BCUT2D eigenvalue weighted by Gasteiger charge is -2.08. The molecule has 0 saturated heterocycles. The number of hydrogen-bond donors (Lipinski definition) is 3. The fourth-order valence-electron chi connectivity index (χ4n) is 1.31. The lowest BCUT2D eigenvalue weighted by atomic mass is 10.1. The maximum atomic E-state index is 10.8. The third-order valence-electron chi connectivity index (χ3n) is 2.13. The molecular weight excluding hydrogens is 256 g/mol. The predicted molar refractivity (Wildman–Crippen MR) is 63.8 cm³/mol. The van der Waals surface area contributed by atoms with Gasteiger partial charge in [0.25, 0.3) is 0 Å². The lowest BCUT2D eigenvalue weighted by Crippen LogP contribution is -2.10. The number of carboxylic acid groups (broad SMARTS) is 2. The molecular formula is C12H14O7. The fraction of sp³-hybridized carbons (Fsp3) is 0.333. The highest BCUT2D eigenvalue weighted by molar-refractivity contribution is 5.94. The first kappa shape index (κ1) is 14.9. The van der Waals surface area contributed by atoms with Crippen molar-refractivity contribution in [2.45, 2.75) is 0 Å². The fourth-order valence-corrected chi connectivity index (χ4v) is 1.31. The predicted octanol–water partition coefficient (Wildman–Crippen LogP) is 0.471. The van der Waals surface area contributed by atoms with Crippen LogP contribution in [0.3, 0.4) is 0 Å². The Morgan fingerprint density at radius 1 is 0.947 bits per heavy atom. The van der Waals surface area contributed by atoms with Crippen molar-refractivity contribution in [3.8, 4) is 5.75 Å². The molecule has 0 saturated carbocycles. The number of benzene rings is 1. The highest BCUT2D eigenvalue weighted by Gasteiger charge is 2.12. The van der Waals surface area contributed by atoms with E-state index in [4.69, 9.17) is 24.8 Å². The molecule has 0 heterocycles. The van der Waals surface area contributed by atoms with Crippen molar-refractivity contribution in [1.82, 2.24) is 0 Å².